The van der Waals surface area contributed by atoms with Gasteiger partial charge in [-0.3, -0.25) is 0 Å². The molecule has 0 bridgehead atoms. The Balaban J connectivity index is 1.46. The molecule has 36 heavy (non-hydrogen) atoms. The van der Waals surface area contributed by atoms with E-state index in [-0.39, 0.29) is 5.41 Å². The third-order valence-corrected chi connectivity index (χ3v) is 9.03. The number of nitrogens with zero attached hydrogens (tertiary/aromatic N) is 1. The van der Waals surface area contributed by atoms with Crippen molar-refractivity contribution in [3.8, 4) is 16.8 Å². The molecule has 1 nitrogen and oxygen atoms in total. The standard InChI is InChI=1S/C34H27NS/c1-22-25-10-5-8-14-32(25)35(31(22)19-16-23-21-36-33-15-9-6-11-26(23)33)24-17-18-28-27-12-4-7-13-29(27)34(2,3)30(28)20-24/h4-20H,1,21H2,2-3H3/b23-16+,31-19+. The predicted molar refractivity (Wildman–Crippen MR) is 155 cm³/mol. The molecule has 0 N–H and O–H groups in total. The summed E-state index contributed by atoms with van der Waals surface area (Å²) in [6.07, 6.45) is 4.57. The van der Waals surface area contributed by atoms with Crippen LogP contribution in [0, 0.1) is 0 Å². The van der Waals surface area contributed by atoms with E-state index in [0.717, 1.165) is 16.3 Å². The normalized spacial score (nSPS) is 16.9. The highest BCUT2D eigenvalue weighted by Crippen LogP contribution is 2.49. The second kappa shape index (κ2) is 7.88. The van der Waals surface area contributed by atoms with E-state index < -0.39 is 0 Å². The van der Waals surface area contributed by atoms with Crippen LogP contribution < -0.4 is 10.6 Å². The number of rotatable bonds is 2. The molecule has 7 rings (SSSR count). The summed E-state index contributed by atoms with van der Waals surface area (Å²) in [6, 6.07) is 33.1. The van der Waals surface area contributed by atoms with Gasteiger partial charge in [0.25, 0.3) is 0 Å². The van der Waals surface area contributed by atoms with Crippen molar-refractivity contribution in [2.45, 2.75) is 24.2 Å². The summed E-state index contributed by atoms with van der Waals surface area (Å²) < 4.78 is 2.39. The lowest BCUT2D eigenvalue weighted by molar-refractivity contribution is 0.659. The molecule has 0 spiro atoms. The number of thioether (sulfide) groups is 1. The molecule has 0 amide bonds. The molecule has 2 heteroatoms. The maximum absolute atomic E-state index is 4.53. The smallest absolute Gasteiger partial charge is 0.0540 e. The Bertz CT molecular complexity index is 1830. The minimum Gasteiger partial charge on any atom is -0.309 e. The van der Waals surface area contributed by atoms with Gasteiger partial charge >= 0.3 is 0 Å². The van der Waals surface area contributed by atoms with Crippen LogP contribution in [-0.2, 0) is 5.41 Å². The van der Waals surface area contributed by atoms with Crippen LogP contribution in [-0.4, -0.2) is 10.3 Å². The molecule has 2 aliphatic rings. The Hall–Kier alpha value is -3.75. The first kappa shape index (κ1) is 21.5. The highest BCUT2D eigenvalue weighted by atomic mass is 32.2. The number of hydrogen-bond donors (Lipinski definition) is 0. The average Bonchev–Trinajstić information content (AvgIpc) is 3.52. The van der Waals surface area contributed by atoms with Crippen LogP contribution in [0.5, 0.6) is 0 Å². The summed E-state index contributed by atoms with van der Waals surface area (Å²) in [5.74, 6) is 1.01. The number of aromatic nitrogens is 1. The number of para-hydroxylation sites is 1. The number of benzene rings is 4. The number of allylic oxidation sites excluding steroid dienone is 1. The summed E-state index contributed by atoms with van der Waals surface area (Å²) in [5, 5.41) is 3.42. The van der Waals surface area contributed by atoms with E-state index in [1.807, 2.05) is 11.8 Å². The summed E-state index contributed by atoms with van der Waals surface area (Å²) in [4.78, 5) is 1.37. The van der Waals surface area contributed by atoms with Crippen molar-refractivity contribution in [1.29, 1.82) is 0 Å². The van der Waals surface area contributed by atoms with Gasteiger partial charge in [0, 0.05) is 32.4 Å². The molecule has 0 atom stereocenters. The van der Waals surface area contributed by atoms with Crippen LogP contribution in [0.1, 0.15) is 30.5 Å². The van der Waals surface area contributed by atoms with Crippen molar-refractivity contribution in [2.24, 2.45) is 0 Å². The molecule has 1 aromatic heterocycles. The Kier molecular flexibility index (Phi) is 4.71. The summed E-state index contributed by atoms with van der Waals surface area (Å²) in [7, 11) is 0. The van der Waals surface area contributed by atoms with Gasteiger partial charge in [0.05, 0.1) is 10.9 Å². The van der Waals surface area contributed by atoms with Gasteiger partial charge in [0.15, 0.2) is 0 Å². The van der Waals surface area contributed by atoms with Crippen molar-refractivity contribution in [1.82, 2.24) is 4.57 Å². The Morgan fingerprint density at radius 3 is 2.39 bits per heavy atom. The zero-order valence-electron chi connectivity index (χ0n) is 20.6. The van der Waals surface area contributed by atoms with Crippen LogP contribution in [0.25, 0.3) is 45.9 Å². The van der Waals surface area contributed by atoms with Crippen molar-refractivity contribution >= 4 is 40.9 Å². The summed E-state index contributed by atoms with van der Waals surface area (Å²) in [6.45, 7) is 9.22. The lowest BCUT2D eigenvalue weighted by atomic mass is 9.82. The first-order valence-corrected chi connectivity index (χ1v) is 13.5. The van der Waals surface area contributed by atoms with Crippen LogP contribution >= 0.6 is 11.8 Å². The van der Waals surface area contributed by atoms with Crippen molar-refractivity contribution in [3.63, 3.8) is 0 Å². The average molecular weight is 482 g/mol. The molecule has 0 radical (unpaired) electrons. The zero-order valence-corrected chi connectivity index (χ0v) is 21.4. The van der Waals surface area contributed by atoms with Gasteiger partial charge in [-0.15, -0.1) is 11.8 Å². The Morgan fingerprint density at radius 1 is 0.778 bits per heavy atom. The molecule has 5 aromatic rings. The van der Waals surface area contributed by atoms with E-state index in [1.165, 1.54) is 54.9 Å². The monoisotopic (exact) mass is 481 g/mol. The van der Waals surface area contributed by atoms with E-state index in [0.29, 0.717) is 0 Å². The first-order valence-electron chi connectivity index (χ1n) is 12.5. The second-order valence-corrected chi connectivity index (χ2v) is 11.3. The minimum absolute atomic E-state index is 0.0329. The number of fused-ring (bicyclic) bond motifs is 5. The van der Waals surface area contributed by atoms with Crippen molar-refractivity contribution < 1.29 is 0 Å². The van der Waals surface area contributed by atoms with E-state index >= 15 is 0 Å². The molecule has 0 unspecified atom stereocenters. The van der Waals surface area contributed by atoms with Gasteiger partial charge in [-0.1, -0.05) is 93.2 Å². The van der Waals surface area contributed by atoms with Gasteiger partial charge in [0.2, 0.25) is 0 Å². The summed E-state index contributed by atoms with van der Waals surface area (Å²) in [5.41, 5.74) is 10.6. The third-order valence-electron chi connectivity index (χ3n) is 7.90. The van der Waals surface area contributed by atoms with E-state index in [4.69, 9.17) is 0 Å². The third kappa shape index (κ3) is 3.04. The predicted octanol–water partition coefficient (Wildman–Crippen LogP) is 7.32. The molecule has 1 aliphatic heterocycles. The van der Waals surface area contributed by atoms with E-state index in [9.17, 15) is 0 Å². The quantitative estimate of drug-likeness (QED) is 0.256. The molecule has 2 heterocycles. The largest absolute Gasteiger partial charge is 0.309 e. The van der Waals surface area contributed by atoms with E-state index in [1.54, 1.807) is 0 Å². The fraction of sp³-hybridized carbons (Fsp3) is 0.118. The lowest BCUT2D eigenvalue weighted by Crippen LogP contribution is -2.27. The summed E-state index contributed by atoms with van der Waals surface area (Å²) >= 11 is 1.92. The zero-order chi connectivity index (χ0) is 24.4. The van der Waals surface area contributed by atoms with Crippen LogP contribution in [0.3, 0.4) is 0 Å². The maximum atomic E-state index is 4.53. The Morgan fingerprint density at radius 2 is 1.50 bits per heavy atom. The SMILES string of the molecule is C=c1/c(=C\C=C2/CSc3ccccc32)n(-c2ccc3c(c2)C(C)(C)c2ccccc2-3)c2ccccc12. The highest BCUT2D eigenvalue weighted by molar-refractivity contribution is 8.00. The number of hydrogen-bond acceptors (Lipinski definition) is 1. The fourth-order valence-corrected chi connectivity index (χ4v) is 7.11. The van der Waals surface area contributed by atoms with Gasteiger partial charge in [-0.25, -0.2) is 0 Å². The molecular weight excluding hydrogens is 454 g/mol. The molecule has 4 aromatic carbocycles. The van der Waals surface area contributed by atoms with Crippen molar-refractivity contribution in [3.05, 3.63) is 124 Å². The second-order valence-electron chi connectivity index (χ2n) is 10.3. The molecule has 174 valence electrons. The molecule has 1 aliphatic carbocycles. The van der Waals surface area contributed by atoms with Crippen LogP contribution in [0.15, 0.2) is 102 Å². The fourth-order valence-electron chi connectivity index (χ4n) is 6.02. The van der Waals surface area contributed by atoms with Crippen LogP contribution in [0.2, 0.25) is 0 Å². The highest BCUT2D eigenvalue weighted by Gasteiger charge is 2.35. The first-order chi connectivity index (χ1) is 17.5. The lowest BCUT2D eigenvalue weighted by Gasteiger charge is -2.22. The molecule has 0 saturated heterocycles. The van der Waals surface area contributed by atoms with Gasteiger partial charge in [-0.05, 0) is 63.7 Å². The minimum atomic E-state index is -0.0329. The van der Waals surface area contributed by atoms with E-state index in [2.05, 4.69) is 128 Å². The molecular formula is C34H27NS. The van der Waals surface area contributed by atoms with Gasteiger partial charge < -0.3 is 4.57 Å². The van der Waals surface area contributed by atoms with Crippen molar-refractivity contribution in [2.75, 3.05) is 5.75 Å². The Labute approximate surface area is 216 Å². The topological polar surface area (TPSA) is 4.93 Å². The van der Waals surface area contributed by atoms with Crippen LogP contribution in [0.4, 0.5) is 0 Å². The molecule has 0 saturated carbocycles. The van der Waals surface area contributed by atoms with Gasteiger partial charge in [0.1, 0.15) is 0 Å². The van der Waals surface area contributed by atoms with Gasteiger partial charge in [-0.2, -0.15) is 0 Å². The maximum Gasteiger partial charge on any atom is 0.0540 e. The molecule has 0 fully saturated rings.